The van der Waals surface area contributed by atoms with Crippen molar-refractivity contribution in [3.8, 4) is 0 Å². The summed E-state index contributed by atoms with van der Waals surface area (Å²) in [4.78, 5) is 19.7. The van der Waals surface area contributed by atoms with E-state index < -0.39 is 0 Å². The first-order chi connectivity index (χ1) is 8.58. The quantitative estimate of drug-likeness (QED) is 0.800. The number of carbonyl (C=O) groups is 1. The lowest BCUT2D eigenvalue weighted by Gasteiger charge is -2.32. The number of amides is 1. The topological polar surface area (TPSA) is 36.4 Å². The molecular formula is C14H21N3O. The van der Waals surface area contributed by atoms with Crippen LogP contribution in [-0.2, 0) is 4.79 Å². The molecule has 98 valence electrons. The zero-order valence-corrected chi connectivity index (χ0v) is 11.4. The van der Waals surface area contributed by atoms with Crippen molar-refractivity contribution in [2.45, 2.75) is 25.7 Å². The fourth-order valence-electron chi connectivity index (χ4n) is 2.47. The normalized spacial score (nSPS) is 19.7. The van der Waals surface area contributed by atoms with Crippen LogP contribution in [0.25, 0.3) is 0 Å². The number of anilines is 1. The van der Waals surface area contributed by atoms with Crippen molar-refractivity contribution in [3.63, 3.8) is 0 Å². The molecule has 0 bridgehead atoms. The van der Waals surface area contributed by atoms with Crippen LogP contribution in [0.15, 0.2) is 18.3 Å². The highest BCUT2D eigenvalue weighted by Crippen LogP contribution is 2.28. The zero-order chi connectivity index (χ0) is 13.1. The summed E-state index contributed by atoms with van der Waals surface area (Å²) in [6.07, 6.45) is 4.10. The molecule has 1 unspecified atom stereocenters. The maximum absolute atomic E-state index is 11.5. The maximum Gasteiger partial charge on any atom is 0.219 e. The van der Waals surface area contributed by atoms with Gasteiger partial charge >= 0.3 is 0 Å². The van der Waals surface area contributed by atoms with E-state index >= 15 is 0 Å². The number of pyridine rings is 1. The van der Waals surface area contributed by atoms with Gasteiger partial charge in [-0.25, -0.2) is 4.98 Å². The number of nitrogens with zero attached hydrogens (tertiary/aromatic N) is 3. The average molecular weight is 247 g/mol. The Balaban J connectivity index is 2.15. The Kier molecular flexibility index (Phi) is 3.84. The summed E-state index contributed by atoms with van der Waals surface area (Å²) in [5.74, 6) is 1.61. The molecule has 0 radical (unpaired) electrons. The molecule has 1 atom stereocenters. The molecule has 1 fully saturated rings. The summed E-state index contributed by atoms with van der Waals surface area (Å²) in [6.45, 7) is 3.39. The molecular weight excluding hydrogens is 226 g/mol. The molecule has 4 heteroatoms. The number of hydrogen-bond acceptors (Lipinski definition) is 3. The molecule has 1 amide bonds. The van der Waals surface area contributed by atoms with Crippen molar-refractivity contribution >= 4 is 11.7 Å². The third-order valence-electron chi connectivity index (χ3n) is 3.57. The van der Waals surface area contributed by atoms with Gasteiger partial charge in [0, 0.05) is 46.2 Å². The fraction of sp³-hybridized carbons (Fsp3) is 0.571. The Labute approximate surface area is 109 Å². The molecule has 0 saturated carbocycles. The number of likely N-dealkylation sites (tertiary alicyclic amines) is 1. The van der Waals surface area contributed by atoms with E-state index in [9.17, 15) is 4.79 Å². The number of aromatic nitrogens is 1. The lowest BCUT2D eigenvalue weighted by molar-refractivity contribution is -0.130. The largest absolute Gasteiger partial charge is 0.363 e. The SMILES string of the molecule is CC(=O)N1CCCC(c2ccnc(N(C)C)c2)C1. The first-order valence-corrected chi connectivity index (χ1v) is 6.46. The molecule has 0 spiro atoms. The summed E-state index contributed by atoms with van der Waals surface area (Å²) < 4.78 is 0. The Hall–Kier alpha value is -1.58. The van der Waals surface area contributed by atoms with Gasteiger partial charge in [0.25, 0.3) is 0 Å². The van der Waals surface area contributed by atoms with Crippen LogP contribution in [0.3, 0.4) is 0 Å². The van der Waals surface area contributed by atoms with Crippen molar-refractivity contribution in [2.75, 3.05) is 32.1 Å². The van der Waals surface area contributed by atoms with Gasteiger partial charge in [-0.2, -0.15) is 0 Å². The number of carbonyl (C=O) groups excluding carboxylic acids is 1. The first-order valence-electron chi connectivity index (χ1n) is 6.46. The first kappa shape index (κ1) is 12.9. The van der Waals surface area contributed by atoms with Crippen LogP contribution in [0.5, 0.6) is 0 Å². The van der Waals surface area contributed by atoms with Gasteiger partial charge in [0.2, 0.25) is 5.91 Å². The standard InChI is InChI=1S/C14H21N3O/c1-11(18)17-8-4-5-13(10-17)12-6-7-15-14(9-12)16(2)3/h6-7,9,13H,4-5,8,10H2,1-3H3. The summed E-state index contributed by atoms with van der Waals surface area (Å²) in [7, 11) is 3.99. The Morgan fingerprint density at radius 1 is 1.50 bits per heavy atom. The molecule has 0 N–H and O–H groups in total. The number of rotatable bonds is 2. The Bertz CT molecular complexity index is 431. The average Bonchev–Trinajstić information content (AvgIpc) is 2.39. The summed E-state index contributed by atoms with van der Waals surface area (Å²) >= 11 is 0. The van der Waals surface area contributed by atoms with Gasteiger partial charge in [-0.15, -0.1) is 0 Å². The molecule has 1 aliphatic rings. The van der Waals surface area contributed by atoms with Crippen molar-refractivity contribution in [1.82, 2.24) is 9.88 Å². The van der Waals surface area contributed by atoms with E-state index in [0.29, 0.717) is 5.92 Å². The number of piperidine rings is 1. The predicted molar refractivity (Wildman–Crippen MR) is 72.8 cm³/mol. The molecule has 18 heavy (non-hydrogen) atoms. The van der Waals surface area contributed by atoms with Gasteiger partial charge in [-0.05, 0) is 30.5 Å². The van der Waals surface area contributed by atoms with Gasteiger partial charge < -0.3 is 9.80 Å². The molecule has 1 saturated heterocycles. The van der Waals surface area contributed by atoms with Crippen molar-refractivity contribution < 1.29 is 4.79 Å². The van der Waals surface area contributed by atoms with Crippen molar-refractivity contribution in [1.29, 1.82) is 0 Å². The summed E-state index contributed by atoms with van der Waals surface area (Å²) in [5.41, 5.74) is 1.29. The zero-order valence-electron chi connectivity index (χ0n) is 11.4. The second-order valence-corrected chi connectivity index (χ2v) is 5.15. The highest BCUT2D eigenvalue weighted by atomic mass is 16.2. The fourth-order valence-corrected chi connectivity index (χ4v) is 2.47. The van der Waals surface area contributed by atoms with E-state index in [2.05, 4.69) is 17.1 Å². The molecule has 1 aromatic heterocycles. The molecule has 2 rings (SSSR count). The van der Waals surface area contributed by atoms with E-state index in [4.69, 9.17) is 0 Å². The minimum Gasteiger partial charge on any atom is -0.363 e. The maximum atomic E-state index is 11.5. The van der Waals surface area contributed by atoms with Crippen LogP contribution in [0.2, 0.25) is 0 Å². The Morgan fingerprint density at radius 2 is 2.28 bits per heavy atom. The highest BCUT2D eigenvalue weighted by Gasteiger charge is 2.23. The third-order valence-corrected chi connectivity index (χ3v) is 3.57. The van der Waals surface area contributed by atoms with Crippen LogP contribution in [-0.4, -0.2) is 43.0 Å². The van der Waals surface area contributed by atoms with Gasteiger partial charge in [0.05, 0.1) is 0 Å². The van der Waals surface area contributed by atoms with Crippen molar-refractivity contribution in [2.24, 2.45) is 0 Å². The number of hydrogen-bond donors (Lipinski definition) is 0. The summed E-state index contributed by atoms with van der Waals surface area (Å²) in [5, 5.41) is 0. The van der Waals surface area contributed by atoms with E-state index in [-0.39, 0.29) is 5.91 Å². The molecule has 0 aliphatic carbocycles. The van der Waals surface area contributed by atoms with Crippen LogP contribution in [0.1, 0.15) is 31.2 Å². The lowest BCUT2D eigenvalue weighted by atomic mass is 9.91. The van der Waals surface area contributed by atoms with Gasteiger partial charge in [0.1, 0.15) is 5.82 Å². The molecule has 2 heterocycles. The third kappa shape index (κ3) is 2.81. The second-order valence-electron chi connectivity index (χ2n) is 5.15. The molecule has 1 aliphatic heterocycles. The van der Waals surface area contributed by atoms with Gasteiger partial charge in [-0.3, -0.25) is 4.79 Å². The molecule has 1 aromatic rings. The van der Waals surface area contributed by atoms with E-state index in [1.165, 1.54) is 5.56 Å². The van der Waals surface area contributed by atoms with Crippen molar-refractivity contribution in [3.05, 3.63) is 23.9 Å². The second kappa shape index (κ2) is 5.38. The van der Waals surface area contributed by atoms with E-state index in [1.807, 2.05) is 30.1 Å². The minimum atomic E-state index is 0.182. The Morgan fingerprint density at radius 3 is 2.94 bits per heavy atom. The van der Waals surface area contributed by atoms with Crippen LogP contribution >= 0.6 is 0 Å². The minimum absolute atomic E-state index is 0.182. The van der Waals surface area contributed by atoms with Crippen LogP contribution < -0.4 is 4.90 Å². The van der Waals surface area contributed by atoms with Crippen LogP contribution in [0.4, 0.5) is 5.82 Å². The predicted octanol–water partition coefficient (Wildman–Crippen LogP) is 1.87. The smallest absolute Gasteiger partial charge is 0.219 e. The van der Waals surface area contributed by atoms with Gasteiger partial charge in [-0.1, -0.05) is 0 Å². The molecule has 0 aromatic carbocycles. The van der Waals surface area contributed by atoms with Crippen LogP contribution in [0, 0.1) is 0 Å². The van der Waals surface area contributed by atoms with E-state index in [0.717, 1.165) is 31.7 Å². The summed E-state index contributed by atoms with van der Waals surface area (Å²) in [6, 6.07) is 4.20. The lowest BCUT2D eigenvalue weighted by Crippen LogP contribution is -2.37. The monoisotopic (exact) mass is 247 g/mol. The molecule has 4 nitrogen and oxygen atoms in total. The highest BCUT2D eigenvalue weighted by molar-refractivity contribution is 5.73. The van der Waals surface area contributed by atoms with Gasteiger partial charge in [0.15, 0.2) is 0 Å². The van der Waals surface area contributed by atoms with E-state index in [1.54, 1.807) is 6.92 Å².